The van der Waals surface area contributed by atoms with Gasteiger partial charge in [0.15, 0.2) is 0 Å². The monoisotopic (exact) mass is 303 g/mol. The van der Waals surface area contributed by atoms with Gasteiger partial charge in [0.1, 0.15) is 11.9 Å². The molecule has 5 heteroatoms. The molecule has 0 bridgehead atoms. The van der Waals surface area contributed by atoms with Gasteiger partial charge in [-0.25, -0.2) is 0 Å². The van der Waals surface area contributed by atoms with E-state index in [1.54, 1.807) is 12.0 Å². The molecule has 1 aromatic carbocycles. The van der Waals surface area contributed by atoms with Crippen molar-refractivity contribution in [2.75, 3.05) is 18.6 Å². The van der Waals surface area contributed by atoms with Crippen molar-refractivity contribution in [1.29, 1.82) is 0 Å². The number of hydrogen-bond acceptors (Lipinski definition) is 4. The molecule has 1 saturated heterocycles. The predicted octanol–water partition coefficient (Wildman–Crippen LogP) is 2.39. The molecule has 118 valence electrons. The van der Waals surface area contributed by atoms with Crippen LogP contribution in [0.5, 0.6) is 5.75 Å². The number of benzene rings is 1. The van der Waals surface area contributed by atoms with Gasteiger partial charge in [0.05, 0.1) is 13.0 Å². The third kappa shape index (κ3) is 3.08. The maximum absolute atomic E-state index is 12.2. The first kappa shape index (κ1) is 14.9. The van der Waals surface area contributed by atoms with E-state index in [9.17, 15) is 9.59 Å². The summed E-state index contributed by atoms with van der Waals surface area (Å²) in [5, 5.41) is 0. The standard InChI is InChI=1S/C17H21NO4/c1-11(12-3-4-12)22-17(20)13-9-16(19)18(10-13)14-5-7-15(21-2)8-6-14/h5-8,11-13H,3-4,9-10H2,1-2H3/t11-,13-/m1/s1. The minimum atomic E-state index is -0.365. The normalized spacial score (nSPS) is 22.5. The van der Waals surface area contributed by atoms with Crippen LogP contribution < -0.4 is 9.64 Å². The molecule has 1 aliphatic carbocycles. The molecule has 5 nitrogen and oxygen atoms in total. The smallest absolute Gasteiger partial charge is 0.311 e. The number of rotatable bonds is 5. The van der Waals surface area contributed by atoms with Crippen molar-refractivity contribution in [3.05, 3.63) is 24.3 Å². The molecule has 2 fully saturated rings. The molecule has 0 aromatic heterocycles. The predicted molar refractivity (Wildman–Crippen MR) is 81.7 cm³/mol. The van der Waals surface area contributed by atoms with Crippen LogP contribution in [-0.4, -0.2) is 31.6 Å². The fraction of sp³-hybridized carbons (Fsp3) is 0.529. The van der Waals surface area contributed by atoms with Gasteiger partial charge in [-0.3, -0.25) is 9.59 Å². The SMILES string of the molecule is COc1ccc(N2C[C@H](C(=O)O[C@H](C)C3CC3)CC2=O)cc1. The highest BCUT2D eigenvalue weighted by atomic mass is 16.5. The average Bonchev–Trinajstić information content (AvgIpc) is 3.30. The van der Waals surface area contributed by atoms with E-state index in [0.29, 0.717) is 12.5 Å². The molecule has 1 aliphatic heterocycles. The molecule has 2 aliphatic rings. The van der Waals surface area contributed by atoms with Crippen LogP contribution >= 0.6 is 0 Å². The number of methoxy groups -OCH3 is 1. The summed E-state index contributed by atoms with van der Waals surface area (Å²) in [6, 6.07) is 7.28. The van der Waals surface area contributed by atoms with E-state index >= 15 is 0 Å². The molecule has 1 amide bonds. The highest BCUT2D eigenvalue weighted by molar-refractivity contribution is 5.99. The lowest BCUT2D eigenvalue weighted by molar-refractivity contribution is -0.153. The van der Waals surface area contributed by atoms with E-state index in [-0.39, 0.29) is 30.3 Å². The van der Waals surface area contributed by atoms with E-state index in [4.69, 9.17) is 9.47 Å². The Labute approximate surface area is 130 Å². The first-order chi connectivity index (χ1) is 10.6. The van der Waals surface area contributed by atoms with Crippen LogP contribution in [0.15, 0.2) is 24.3 Å². The molecule has 2 atom stereocenters. The summed E-state index contributed by atoms with van der Waals surface area (Å²) in [4.78, 5) is 26.0. The molecule has 1 heterocycles. The van der Waals surface area contributed by atoms with Gasteiger partial charge in [-0.1, -0.05) is 0 Å². The second-order valence-electron chi connectivity index (χ2n) is 6.08. The summed E-state index contributed by atoms with van der Waals surface area (Å²) in [7, 11) is 1.60. The van der Waals surface area contributed by atoms with Gasteiger partial charge in [0, 0.05) is 18.7 Å². The second-order valence-corrected chi connectivity index (χ2v) is 6.08. The van der Waals surface area contributed by atoms with Crippen molar-refractivity contribution in [1.82, 2.24) is 0 Å². The Kier molecular flexibility index (Phi) is 4.05. The van der Waals surface area contributed by atoms with Crippen molar-refractivity contribution in [3.63, 3.8) is 0 Å². The Morgan fingerprint density at radius 1 is 1.27 bits per heavy atom. The zero-order valence-corrected chi connectivity index (χ0v) is 13.0. The minimum absolute atomic E-state index is 0.0300. The molecule has 3 rings (SSSR count). The molecule has 1 saturated carbocycles. The van der Waals surface area contributed by atoms with Crippen LogP contribution in [-0.2, 0) is 14.3 Å². The molecular weight excluding hydrogens is 282 g/mol. The van der Waals surface area contributed by atoms with Crippen molar-refractivity contribution >= 4 is 17.6 Å². The van der Waals surface area contributed by atoms with E-state index < -0.39 is 0 Å². The number of ether oxygens (including phenoxy) is 2. The van der Waals surface area contributed by atoms with Gasteiger partial charge in [0.2, 0.25) is 5.91 Å². The van der Waals surface area contributed by atoms with Gasteiger partial charge in [-0.05, 0) is 49.9 Å². The summed E-state index contributed by atoms with van der Waals surface area (Å²) in [5.74, 6) is 0.606. The number of amides is 1. The number of anilines is 1. The van der Waals surface area contributed by atoms with E-state index in [2.05, 4.69) is 0 Å². The van der Waals surface area contributed by atoms with Crippen LogP contribution in [0.2, 0.25) is 0 Å². The summed E-state index contributed by atoms with van der Waals surface area (Å²) in [6.45, 7) is 2.33. The maximum atomic E-state index is 12.2. The van der Waals surface area contributed by atoms with Crippen LogP contribution in [0.3, 0.4) is 0 Å². The average molecular weight is 303 g/mol. The first-order valence-corrected chi connectivity index (χ1v) is 7.73. The maximum Gasteiger partial charge on any atom is 0.311 e. The van der Waals surface area contributed by atoms with Crippen molar-refractivity contribution in [2.24, 2.45) is 11.8 Å². The highest BCUT2D eigenvalue weighted by Gasteiger charge is 2.38. The minimum Gasteiger partial charge on any atom is -0.497 e. The van der Waals surface area contributed by atoms with Crippen molar-refractivity contribution in [2.45, 2.75) is 32.3 Å². The van der Waals surface area contributed by atoms with E-state index in [0.717, 1.165) is 24.3 Å². The number of hydrogen-bond donors (Lipinski definition) is 0. The largest absolute Gasteiger partial charge is 0.497 e. The third-order valence-corrected chi connectivity index (χ3v) is 4.43. The Morgan fingerprint density at radius 3 is 2.55 bits per heavy atom. The molecule has 0 radical (unpaired) electrons. The van der Waals surface area contributed by atoms with Crippen LogP contribution in [0.1, 0.15) is 26.2 Å². The van der Waals surface area contributed by atoms with Crippen LogP contribution in [0.4, 0.5) is 5.69 Å². The van der Waals surface area contributed by atoms with Crippen molar-refractivity contribution in [3.8, 4) is 5.75 Å². The Bertz CT molecular complexity index is 565. The highest BCUT2D eigenvalue weighted by Crippen LogP contribution is 2.35. The van der Waals surface area contributed by atoms with Gasteiger partial charge < -0.3 is 14.4 Å². The number of esters is 1. The lowest BCUT2D eigenvalue weighted by Gasteiger charge is -2.18. The van der Waals surface area contributed by atoms with E-state index in [1.165, 1.54) is 0 Å². The molecule has 1 aromatic rings. The topological polar surface area (TPSA) is 55.8 Å². The first-order valence-electron chi connectivity index (χ1n) is 7.73. The lowest BCUT2D eigenvalue weighted by atomic mass is 10.1. The van der Waals surface area contributed by atoms with Gasteiger partial charge in [-0.2, -0.15) is 0 Å². The molecule has 0 unspecified atom stereocenters. The lowest BCUT2D eigenvalue weighted by Crippen LogP contribution is -2.28. The van der Waals surface area contributed by atoms with Gasteiger partial charge in [0.25, 0.3) is 0 Å². The molecule has 22 heavy (non-hydrogen) atoms. The molecular formula is C17H21NO4. The number of nitrogens with zero attached hydrogens (tertiary/aromatic N) is 1. The summed E-state index contributed by atoms with van der Waals surface area (Å²) >= 11 is 0. The quantitative estimate of drug-likeness (QED) is 0.784. The van der Waals surface area contributed by atoms with Gasteiger partial charge in [-0.15, -0.1) is 0 Å². The fourth-order valence-corrected chi connectivity index (χ4v) is 2.82. The molecule has 0 N–H and O–H groups in total. The Morgan fingerprint density at radius 2 is 1.95 bits per heavy atom. The van der Waals surface area contributed by atoms with Gasteiger partial charge >= 0.3 is 5.97 Å². The van der Waals surface area contributed by atoms with Crippen molar-refractivity contribution < 1.29 is 19.1 Å². The van der Waals surface area contributed by atoms with Crippen LogP contribution in [0, 0.1) is 11.8 Å². The second kappa shape index (κ2) is 5.99. The Hall–Kier alpha value is -2.04. The number of carbonyl (C=O) groups is 2. The summed E-state index contributed by atoms with van der Waals surface area (Å²) in [5.41, 5.74) is 0.788. The van der Waals surface area contributed by atoms with Crippen LogP contribution in [0.25, 0.3) is 0 Å². The molecule has 0 spiro atoms. The summed E-state index contributed by atoms with van der Waals surface area (Å²) in [6.07, 6.45) is 2.46. The zero-order valence-electron chi connectivity index (χ0n) is 13.0. The fourth-order valence-electron chi connectivity index (χ4n) is 2.82. The Balaban J connectivity index is 1.62. The summed E-state index contributed by atoms with van der Waals surface area (Å²) < 4.78 is 10.6. The number of carbonyl (C=O) groups excluding carboxylic acids is 2. The van der Waals surface area contributed by atoms with E-state index in [1.807, 2.05) is 31.2 Å². The zero-order chi connectivity index (χ0) is 15.7. The third-order valence-electron chi connectivity index (χ3n) is 4.43.